The summed E-state index contributed by atoms with van der Waals surface area (Å²) in [6, 6.07) is 11.5. The van der Waals surface area contributed by atoms with Crippen molar-refractivity contribution >= 4 is 23.6 Å². The van der Waals surface area contributed by atoms with Crippen LogP contribution in [0.2, 0.25) is 0 Å². The fraction of sp³-hybridized carbons (Fsp3) is 0.250. The number of amides is 2. The maximum Gasteiger partial charge on any atom is 0.471 e. The largest absolute Gasteiger partial charge is 0.493 e. The van der Waals surface area contributed by atoms with E-state index in [2.05, 4.69) is 11.9 Å². The van der Waals surface area contributed by atoms with Gasteiger partial charge in [-0.25, -0.2) is 0 Å². The molecule has 2 rings (SSSR count). The number of hydrogen-bond acceptors (Lipinski definition) is 4. The highest BCUT2D eigenvalue weighted by atomic mass is 19.4. The summed E-state index contributed by atoms with van der Waals surface area (Å²) in [5.41, 5.74) is 1.55. The van der Waals surface area contributed by atoms with Crippen LogP contribution in [-0.4, -0.2) is 43.2 Å². The summed E-state index contributed by atoms with van der Waals surface area (Å²) in [5, 5.41) is 2.65. The van der Waals surface area contributed by atoms with E-state index in [1.54, 1.807) is 48.6 Å². The lowest BCUT2D eigenvalue weighted by Crippen LogP contribution is -2.40. The molecule has 9 heteroatoms. The molecule has 0 aliphatic heterocycles. The fourth-order valence-corrected chi connectivity index (χ4v) is 2.89. The van der Waals surface area contributed by atoms with Crippen LogP contribution in [-0.2, 0) is 16.1 Å². The quantitative estimate of drug-likeness (QED) is 0.406. The van der Waals surface area contributed by atoms with Gasteiger partial charge in [0, 0.05) is 24.9 Å². The number of halogens is 3. The molecule has 2 aromatic carbocycles. The fourth-order valence-electron chi connectivity index (χ4n) is 2.89. The van der Waals surface area contributed by atoms with Crippen molar-refractivity contribution in [3.05, 3.63) is 72.3 Å². The molecule has 0 heterocycles. The molecule has 0 unspecified atom stereocenters. The van der Waals surface area contributed by atoms with Gasteiger partial charge in [0.2, 0.25) is 5.91 Å². The third-order valence-corrected chi connectivity index (χ3v) is 4.45. The van der Waals surface area contributed by atoms with Gasteiger partial charge < -0.3 is 19.7 Å². The highest BCUT2D eigenvalue weighted by molar-refractivity contribution is 6.02. The number of hydrogen-bond donors (Lipinski definition) is 1. The Morgan fingerprint density at radius 1 is 1.15 bits per heavy atom. The Labute approximate surface area is 190 Å². The van der Waals surface area contributed by atoms with E-state index in [9.17, 15) is 22.8 Å². The molecule has 0 atom stereocenters. The standard InChI is InChI=1S/C24H25F3N2O4/c1-4-13-33-20-11-9-17(15-21(20)32-3)10-12-22(30)28-19-8-6-7-18(14-19)16-29(5-2)23(31)24(25,26)27/h4,6-12,14-15H,1,5,13,16H2,2-3H3,(H,28,30)/b12-10+. The number of carbonyl (C=O) groups is 2. The van der Waals surface area contributed by atoms with E-state index in [0.717, 1.165) is 0 Å². The van der Waals surface area contributed by atoms with Crippen molar-refractivity contribution in [2.75, 3.05) is 25.6 Å². The van der Waals surface area contributed by atoms with Crippen molar-refractivity contribution in [1.82, 2.24) is 4.90 Å². The Kier molecular flexibility index (Phi) is 9.08. The van der Waals surface area contributed by atoms with Gasteiger partial charge in [0.05, 0.1) is 7.11 Å². The molecule has 0 bridgehead atoms. The molecular weight excluding hydrogens is 437 g/mol. The normalized spacial score (nSPS) is 11.2. The first-order chi connectivity index (χ1) is 15.7. The Morgan fingerprint density at radius 3 is 2.55 bits per heavy atom. The minimum atomic E-state index is -4.94. The Balaban J connectivity index is 2.05. The van der Waals surface area contributed by atoms with Crippen molar-refractivity contribution in [1.29, 1.82) is 0 Å². The molecule has 176 valence electrons. The number of anilines is 1. The Hall–Kier alpha value is -3.75. The van der Waals surface area contributed by atoms with Crippen LogP contribution in [0, 0.1) is 0 Å². The predicted molar refractivity (Wildman–Crippen MR) is 120 cm³/mol. The molecule has 2 aromatic rings. The number of carbonyl (C=O) groups excluding carboxylic acids is 2. The maximum absolute atomic E-state index is 12.7. The average Bonchev–Trinajstić information content (AvgIpc) is 2.79. The van der Waals surface area contributed by atoms with Gasteiger partial charge in [0.1, 0.15) is 6.61 Å². The molecule has 6 nitrogen and oxygen atoms in total. The number of methoxy groups -OCH3 is 1. The van der Waals surface area contributed by atoms with Crippen LogP contribution < -0.4 is 14.8 Å². The van der Waals surface area contributed by atoms with Crippen molar-refractivity contribution in [2.45, 2.75) is 19.6 Å². The first-order valence-corrected chi connectivity index (χ1v) is 10.0. The summed E-state index contributed by atoms with van der Waals surface area (Å²) in [6.45, 7) is 5.06. The van der Waals surface area contributed by atoms with Gasteiger partial charge in [-0.05, 0) is 48.4 Å². The van der Waals surface area contributed by atoms with Crippen LogP contribution in [0.5, 0.6) is 11.5 Å². The molecule has 0 spiro atoms. The van der Waals surface area contributed by atoms with E-state index >= 15 is 0 Å². The summed E-state index contributed by atoms with van der Waals surface area (Å²) >= 11 is 0. The number of benzene rings is 2. The molecule has 0 saturated carbocycles. The second-order valence-corrected chi connectivity index (χ2v) is 6.85. The molecule has 0 aromatic heterocycles. The molecule has 0 aliphatic rings. The second kappa shape index (κ2) is 11.8. The first kappa shape index (κ1) is 25.5. The van der Waals surface area contributed by atoms with Gasteiger partial charge in [-0.1, -0.05) is 30.9 Å². The maximum atomic E-state index is 12.7. The SMILES string of the molecule is C=CCOc1ccc(/C=C/C(=O)Nc2cccc(CN(CC)C(=O)C(F)(F)F)c2)cc1OC. The molecule has 0 aliphatic carbocycles. The topological polar surface area (TPSA) is 67.9 Å². The highest BCUT2D eigenvalue weighted by Gasteiger charge is 2.41. The number of rotatable bonds is 10. The van der Waals surface area contributed by atoms with Gasteiger partial charge in [-0.3, -0.25) is 9.59 Å². The van der Waals surface area contributed by atoms with Gasteiger partial charge >= 0.3 is 12.1 Å². The van der Waals surface area contributed by atoms with Crippen LogP contribution in [0.15, 0.2) is 61.2 Å². The molecule has 0 fully saturated rings. The zero-order valence-electron chi connectivity index (χ0n) is 18.3. The monoisotopic (exact) mass is 462 g/mol. The third kappa shape index (κ3) is 7.71. The summed E-state index contributed by atoms with van der Waals surface area (Å²) in [4.78, 5) is 24.5. The van der Waals surface area contributed by atoms with Crippen LogP contribution in [0.1, 0.15) is 18.1 Å². The lowest BCUT2D eigenvalue weighted by molar-refractivity contribution is -0.185. The van der Waals surface area contributed by atoms with Crippen LogP contribution in [0.3, 0.4) is 0 Å². The van der Waals surface area contributed by atoms with E-state index in [-0.39, 0.29) is 13.1 Å². The Morgan fingerprint density at radius 2 is 1.91 bits per heavy atom. The van der Waals surface area contributed by atoms with Gasteiger partial charge in [0.15, 0.2) is 11.5 Å². The average molecular weight is 462 g/mol. The molecule has 1 N–H and O–H groups in total. The van der Waals surface area contributed by atoms with Crippen LogP contribution >= 0.6 is 0 Å². The molecule has 0 radical (unpaired) electrons. The second-order valence-electron chi connectivity index (χ2n) is 6.85. The molecule has 0 saturated heterocycles. The highest BCUT2D eigenvalue weighted by Crippen LogP contribution is 2.28. The van der Waals surface area contributed by atoms with Crippen molar-refractivity contribution in [2.24, 2.45) is 0 Å². The van der Waals surface area contributed by atoms with E-state index in [4.69, 9.17) is 9.47 Å². The van der Waals surface area contributed by atoms with E-state index < -0.39 is 18.0 Å². The zero-order valence-corrected chi connectivity index (χ0v) is 18.3. The first-order valence-electron chi connectivity index (χ1n) is 10.0. The van der Waals surface area contributed by atoms with E-state index in [1.807, 2.05) is 0 Å². The molecule has 33 heavy (non-hydrogen) atoms. The van der Waals surface area contributed by atoms with Crippen molar-refractivity contribution < 1.29 is 32.2 Å². The van der Waals surface area contributed by atoms with Gasteiger partial charge in [-0.2, -0.15) is 13.2 Å². The minimum Gasteiger partial charge on any atom is -0.493 e. The summed E-state index contributed by atoms with van der Waals surface area (Å²) in [7, 11) is 1.51. The number of nitrogens with zero attached hydrogens (tertiary/aromatic N) is 1. The zero-order chi connectivity index (χ0) is 24.4. The summed E-state index contributed by atoms with van der Waals surface area (Å²) < 4.78 is 48.9. The van der Waals surface area contributed by atoms with Crippen molar-refractivity contribution in [3.63, 3.8) is 0 Å². The van der Waals surface area contributed by atoms with Crippen molar-refractivity contribution in [3.8, 4) is 11.5 Å². The van der Waals surface area contributed by atoms with Gasteiger partial charge in [0.25, 0.3) is 0 Å². The predicted octanol–water partition coefficient (Wildman–Crippen LogP) is 4.82. The van der Waals surface area contributed by atoms with E-state index in [0.29, 0.717) is 39.8 Å². The number of nitrogens with one attached hydrogen (secondary N) is 1. The van der Waals surface area contributed by atoms with Crippen LogP contribution in [0.4, 0.5) is 18.9 Å². The van der Waals surface area contributed by atoms with E-state index in [1.165, 1.54) is 26.2 Å². The minimum absolute atomic E-state index is 0.0987. The summed E-state index contributed by atoms with van der Waals surface area (Å²) in [5.74, 6) is -1.29. The smallest absolute Gasteiger partial charge is 0.471 e. The van der Waals surface area contributed by atoms with Crippen LogP contribution in [0.25, 0.3) is 6.08 Å². The van der Waals surface area contributed by atoms with Gasteiger partial charge in [-0.15, -0.1) is 0 Å². The molecular formula is C24H25F3N2O4. The molecule has 2 amide bonds. The lowest BCUT2D eigenvalue weighted by atomic mass is 10.1. The Bertz CT molecular complexity index is 1020. The number of alkyl halides is 3. The lowest BCUT2D eigenvalue weighted by Gasteiger charge is -2.22. The third-order valence-electron chi connectivity index (χ3n) is 4.45. The summed E-state index contributed by atoms with van der Waals surface area (Å²) in [6.07, 6.45) is -0.428. The number of ether oxygens (including phenoxy) is 2.